The number of para-hydroxylation sites is 2. The van der Waals surface area contributed by atoms with Crippen molar-refractivity contribution in [2.24, 2.45) is 0 Å². The number of hydrogen-bond acceptors (Lipinski definition) is 3. The molecule has 1 atom stereocenters. The lowest BCUT2D eigenvalue weighted by Crippen LogP contribution is -2.44. The number of amides is 2. The lowest BCUT2D eigenvalue weighted by atomic mass is 10.1. The van der Waals surface area contributed by atoms with E-state index in [1.807, 2.05) is 67.4 Å². The number of nitrogens with zero attached hydrogens (tertiary/aromatic N) is 2. The van der Waals surface area contributed by atoms with E-state index in [0.29, 0.717) is 12.2 Å². The number of nitrogens with one attached hydrogen (secondary N) is 1. The second-order valence-corrected chi connectivity index (χ2v) is 7.50. The fourth-order valence-electron chi connectivity index (χ4n) is 3.25. The van der Waals surface area contributed by atoms with Gasteiger partial charge in [-0.1, -0.05) is 46.3 Å². The van der Waals surface area contributed by atoms with Gasteiger partial charge in [0.1, 0.15) is 0 Å². The smallest absolute Gasteiger partial charge is 0.241 e. The largest absolute Gasteiger partial charge is 0.324 e. The van der Waals surface area contributed by atoms with Crippen LogP contribution in [0.3, 0.4) is 0 Å². The highest BCUT2D eigenvalue weighted by molar-refractivity contribution is 9.10. The first-order valence-electron chi connectivity index (χ1n) is 8.58. The van der Waals surface area contributed by atoms with Crippen LogP contribution in [0.25, 0.3) is 0 Å². The molecule has 0 aromatic heterocycles. The van der Waals surface area contributed by atoms with E-state index in [4.69, 9.17) is 0 Å². The molecule has 0 radical (unpaired) electrons. The molecule has 26 heavy (non-hydrogen) atoms. The number of halogens is 1. The second-order valence-electron chi connectivity index (χ2n) is 6.65. The number of anilines is 2. The van der Waals surface area contributed by atoms with Gasteiger partial charge in [0.2, 0.25) is 11.8 Å². The molecular formula is C20H22BrN3O2. The molecular weight excluding hydrogens is 394 g/mol. The summed E-state index contributed by atoms with van der Waals surface area (Å²) >= 11 is 3.55. The molecule has 0 spiro atoms. The minimum absolute atomic E-state index is 0.0176. The average molecular weight is 416 g/mol. The standard InChI is InChI=1S/C20H22BrN3O2/c1-14-11-19(25)22-17-9-5-6-10-18(17)24(14)20(26)13-23(2)12-15-7-3-4-8-16(15)21/h3-10,14H,11-13H2,1-2H3,(H,22,25)/t14-/m1/s1. The summed E-state index contributed by atoms with van der Waals surface area (Å²) in [6.07, 6.45) is 0.286. The van der Waals surface area contributed by atoms with Gasteiger partial charge < -0.3 is 10.2 Å². The maximum absolute atomic E-state index is 13.0. The van der Waals surface area contributed by atoms with Gasteiger partial charge in [0.15, 0.2) is 0 Å². The fourth-order valence-corrected chi connectivity index (χ4v) is 3.66. The number of benzene rings is 2. The summed E-state index contributed by atoms with van der Waals surface area (Å²) in [6.45, 7) is 2.84. The van der Waals surface area contributed by atoms with Gasteiger partial charge in [-0.2, -0.15) is 0 Å². The molecule has 1 aliphatic heterocycles. The Morgan fingerprint density at radius 3 is 2.69 bits per heavy atom. The lowest BCUT2D eigenvalue weighted by Gasteiger charge is -2.29. The molecule has 136 valence electrons. The van der Waals surface area contributed by atoms with Crippen LogP contribution >= 0.6 is 15.9 Å². The Kier molecular flexibility index (Phi) is 5.74. The summed E-state index contributed by atoms with van der Waals surface area (Å²) < 4.78 is 1.03. The third-order valence-corrected chi connectivity index (χ3v) is 5.20. The molecule has 0 fully saturated rings. The van der Waals surface area contributed by atoms with Crippen LogP contribution in [0.4, 0.5) is 11.4 Å². The predicted octanol–water partition coefficient (Wildman–Crippen LogP) is 3.64. The van der Waals surface area contributed by atoms with Gasteiger partial charge in [0.05, 0.1) is 17.9 Å². The number of carbonyl (C=O) groups excluding carboxylic acids is 2. The lowest BCUT2D eigenvalue weighted by molar-refractivity contribution is -0.120. The van der Waals surface area contributed by atoms with E-state index in [2.05, 4.69) is 21.2 Å². The van der Waals surface area contributed by atoms with Gasteiger partial charge in [-0.15, -0.1) is 0 Å². The summed E-state index contributed by atoms with van der Waals surface area (Å²) in [5.74, 6) is -0.0853. The van der Waals surface area contributed by atoms with Gasteiger partial charge in [-0.3, -0.25) is 14.5 Å². The molecule has 0 bridgehead atoms. The third-order valence-electron chi connectivity index (χ3n) is 4.43. The molecule has 0 saturated heterocycles. The Morgan fingerprint density at radius 2 is 1.92 bits per heavy atom. The molecule has 2 amide bonds. The normalized spacial score (nSPS) is 16.8. The SMILES string of the molecule is C[C@@H]1CC(=O)Nc2ccccc2N1C(=O)CN(C)Cc1ccccc1Br. The van der Waals surface area contributed by atoms with Crippen LogP contribution in [0.15, 0.2) is 53.0 Å². The van der Waals surface area contributed by atoms with E-state index in [1.54, 1.807) is 4.90 Å². The zero-order chi connectivity index (χ0) is 18.7. The Hall–Kier alpha value is -2.18. The summed E-state index contributed by atoms with van der Waals surface area (Å²) in [7, 11) is 1.93. The Bertz CT molecular complexity index is 824. The monoisotopic (exact) mass is 415 g/mol. The number of carbonyl (C=O) groups is 2. The molecule has 0 saturated carbocycles. The van der Waals surface area contributed by atoms with Crippen molar-refractivity contribution < 1.29 is 9.59 Å². The van der Waals surface area contributed by atoms with E-state index in [9.17, 15) is 9.59 Å². The van der Waals surface area contributed by atoms with Crippen molar-refractivity contribution in [2.45, 2.75) is 25.9 Å². The van der Waals surface area contributed by atoms with Crippen LogP contribution in [-0.2, 0) is 16.1 Å². The van der Waals surface area contributed by atoms with E-state index in [1.165, 1.54) is 0 Å². The molecule has 3 rings (SSSR count). The first-order valence-corrected chi connectivity index (χ1v) is 9.38. The van der Waals surface area contributed by atoms with E-state index in [-0.39, 0.29) is 30.8 Å². The quantitative estimate of drug-likeness (QED) is 0.828. The molecule has 6 heteroatoms. The topological polar surface area (TPSA) is 52.7 Å². The summed E-state index contributed by atoms with van der Waals surface area (Å²) in [6, 6.07) is 15.2. The summed E-state index contributed by atoms with van der Waals surface area (Å²) in [4.78, 5) is 28.8. The zero-order valence-corrected chi connectivity index (χ0v) is 16.5. The van der Waals surface area contributed by atoms with Crippen molar-refractivity contribution in [2.75, 3.05) is 23.8 Å². The molecule has 1 heterocycles. The molecule has 1 N–H and O–H groups in total. The second kappa shape index (κ2) is 8.01. The summed E-state index contributed by atoms with van der Waals surface area (Å²) in [5.41, 5.74) is 2.57. The maximum atomic E-state index is 13.0. The van der Waals surface area contributed by atoms with Gasteiger partial charge in [-0.25, -0.2) is 0 Å². The number of fused-ring (bicyclic) bond motifs is 1. The first kappa shape index (κ1) is 18.6. The Balaban J connectivity index is 1.78. The van der Waals surface area contributed by atoms with Crippen molar-refractivity contribution in [1.82, 2.24) is 4.90 Å². The van der Waals surface area contributed by atoms with E-state index in [0.717, 1.165) is 15.7 Å². The van der Waals surface area contributed by atoms with Crippen LogP contribution in [0.5, 0.6) is 0 Å². The van der Waals surface area contributed by atoms with Crippen molar-refractivity contribution in [3.8, 4) is 0 Å². The van der Waals surface area contributed by atoms with E-state index < -0.39 is 0 Å². The van der Waals surface area contributed by atoms with Gasteiger partial charge >= 0.3 is 0 Å². The highest BCUT2D eigenvalue weighted by atomic mass is 79.9. The van der Waals surface area contributed by atoms with Crippen LogP contribution in [0, 0.1) is 0 Å². The molecule has 1 aliphatic rings. The minimum atomic E-state index is -0.192. The molecule has 5 nitrogen and oxygen atoms in total. The number of hydrogen-bond donors (Lipinski definition) is 1. The minimum Gasteiger partial charge on any atom is -0.324 e. The van der Waals surface area contributed by atoms with Gasteiger partial charge in [0.25, 0.3) is 0 Å². The molecule has 0 unspecified atom stereocenters. The zero-order valence-electron chi connectivity index (χ0n) is 14.9. The van der Waals surface area contributed by atoms with Gasteiger partial charge in [0, 0.05) is 23.5 Å². The van der Waals surface area contributed by atoms with Crippen molar-refractivity contribution >= 4 is 39.1 Å². The number of likely N-dealkylation sites (N-methyl/N-ethyl adjacent to an activating group) is 1. The van der Waals surface area contributed by atoms with Gasteiger partial charge in [-0.05, 0) is 37.7 Å². The fraction of sp³-hybridized carbons (Fsp3) is 0.300. The van der Waals surface area contributed by atoms with Crippen LogP contribution in [-0.4, -0.2) is 36.3 Å². The maximum Gasteiger partial charge on any atom is 0.241 e. The summed E-state index contributed by atoms with van der Waals surface area (Å²) in [5, 5.41) is 2.89. The first-order chi connectivity index (χ1) is 12.5. The molecule has 0 aliphatic carbocycles. The molecule has 2 aromatic carbocycles. The highest BCUT2D eigenvalue weighted by Crippen LogP contribution is 2.31. The van der Waals surface area contributed by atoms with Crippen molar-refractivity contribution in [3.05, 3.63) is 58.6 Å². The van der Waals surface area contributed by atoms with Crippen LogP contribution in [0.2, 0.25) is 0 Å². The highest BCUT2D eigenvalue weighted by Gasteiger charge is 2.29. The molecule has 2 aromatic rings. The Labute approximate surface area is 162 Å². The van der Waals surface area contributed by atoms with Crippen molar-refractivity contribution in [1.29, 1.82) is 0 Å². The van der Waals surface area contributed by atoms with Crippen molar-refractivity contribution in [3.63, 3.8) is 0 Å². The van der Waals surface area contributed by atoms with Crippen LogP contribution < -0.4 is 10.2 Å². The number of rotatable bonds is 4. The average Bonchev–Trinajstić information content (AvgIpc) is 2.71. The van der Waals surface area contributed by atoms with E-state index >= 15 is 0 Å². The predicted molar refractivity (Wildman–Crippen MR) is 107 cm³/mol. The Morgan fingerprint density at radius 1 is 1.23 bits per heavy atom. The van der Waals surface area contributed by atoms with Crippen LogP contribution in [0.1, 0.15) is 18.9 Å². The third kappa shape index (κ3) is 4.14.